The van der Waals surface area contributed by atoms with Crippen molar-refractivity contribution in [2.24, 2.45) is 5.73 Å². The Bertz CT molecular complexity index is 612. The fraction of sp³-hybridized carbons (Fsp3) is 0.0833. The van der Waals surface area contributed by atoms with Gasteiger partial charge in [-0.1, -0.05) is 17.4 Å². The van der Waals surface area contributed by atoms with Crippen LogP contribution >= 0.6 is 11.3 Å². The number of hydrogen-bond donors (Lipinski definition) is 1. The molecule has 0 aliphatic rings. The van der Waals surface area contributed by atoms with Gasteiger partial charge < -0.3 is 5.73 Å². The third kappa shape index (κ3) is 1.90. The summed E-state index contributed by atoms with van der Waals surface area (Å²) in [5.41, 5.74) is 8.34. The molecule has 4 nitrogen and oxygen atoms in total. The van der Waals surface area contributed by atoms with E-state index in [2.05, 4.69) is 15.0 Å². The van der Waals surface area contributed by atoms with Gasteiger partial charge in [0.25, 0.3) is 0 Å². The van der Waals surface area contributed by atoms with Gasteiger partial charge in [-0.05, 0) is 23.8 Å². The third-order valence-electron chi connectivity index (χ3n) is 2.45. The van der Waals surface area contributed by atoms with Crippen LogP contribution in [-0.2, 0) is 6.54 Å². The van der Waals surface area contributed by atoms with Gasteiger partial charge in [0, 0.05) is 18.9 Å². The van der Waals surface area contributed by atoms with E-state index in [-0.39, 0.29) is 0 Å². The Morgan fingerprint density at radius 1 is 1.18 bits per heavy atom. The van der Waals surface area contributed by atoms with Gasteiger partial charge in [-0.25, -0.2) is 9.97 Å². The van der Waals surface area contributed by atoms with Gasteiger partial charge in [0.1, 0.15) is 15.4 Å². The van der Waals surface area contributed by atoms with Crippen LogP contribution in [0.25, 0.3) is 21.0 Å². The Hall–Kier alpha value is -1.85. The molecule has 3 heterocycles. The number of nitrogens with two attached hydrogens (primary N) is 1. The molecule has 0 radical (unpaired) electrons. The molecule has 0 fully saturated rings. The summed E-state index contributed by atoms with van der Waals surface area (Å²) in [6.07, 6.45) is 3.56. The molecule has 0 atom stereocenters. The van der Waals surface area contributed by atoms with Gasteiger partial charge in [-0.2, -0.15) is 0 Å². The first-order chi connectivity index (χ1) is 8.36. The topological polar surface area (TPSA) is 64.7 Å². The number of nitrogens with zero attached hydrogens (tertiary/aromatic N) is 3. The number of aromatic nitrogens is 3. The maximum absolute atomic E-state index is 5.54. The molecule has 0 saturated heterocycles. The van der Waals surface area contributed by atoms with Gasteiger partial charge in [0.15, 0.2) is 0 Å². The number of fused-ring (bicyclic) bond motifs is 1. The lowest BCUT2D eigenvalue weighted by Gasteiger charge is -1.97. The second-order valence-corrected chi connectivity index (χ2v) is 4.58. The normalized spacial score (nSPS) is 10.9. The van der Waals surface area contributed by atoms with Gasteiger partial charge in [-0.3, -0.25) is 4.98 Å². The molecular weight excluding hydrogens is 232 g/mol. The number of thiazole rings is 1. The second kappa shape index (κ2) is 4.20. The van der Waals surface area contributed by atoms with Crippen molar-refractivity contribution in [3.05, 3.63) is 42.2 Å². The van der Waals surface area contributed by atoms with E-state index in [4.69, 9.17) is 5.73 Å². The van der Waals surface area contributed by atoms with Gasteiger partial charge in [-0.15, -0.1) is 0 Å². The van der Waals surface area contributed by atoms with Gasteiger partial charge in [0.2, 0.25) is 0 Å². The van der Waals surface area contributed by atoms with Crippen LogP contribution in [0.3, 0.4) is 0 Å². The summed E-state index contributed by atoms with van der Waals surface area (Å²) in [6.45, 7) is 0.509. The Morgan fingerprint density at radius 2 is 2.12 bits per heavy atom. The van der Waals surface area contributed by atoms with E-state index in [0.717, 1.165) is 26.6 Å². The molecule has 0 aliphatic carbocycles. The molecule has 3 aromatic rings. The molecule has 3 aromatic heterocycles. The lowest BCUT2D eigenvalue weighted by Crippen LogP contribution is -1.96. The highest BCUT2D eigenvalue weighted by Gasteiger charge is 2.07. The molecular formula is C12H10N4S. The van der Waals surface area contributed by atoms with Crippen LogP contribution in [0.5, 0.6) is 0 Å². The van der Waals surface area contributed by atoms with E-state index >= 15 is 0 Å². The van der Waals surface area contributed by atoms with Crippen LogP contribution in [0.15, 0.2) is 36.7 Å². The molecule has 5 heteroatoms. The minimum absolute atomic E-state index is 0.509. The monoisotopic (exact) mass is 242 g/mol. The minimum Gasteiger partial charge on any atom is -0.326 e. The van der Waals surface area contributed by atoms with Crippen molar-refractivity contribution in [3.63, 3.8) is 0 Å². The van der Waals surface area contributed by atoms with Crippen LogP contribution in [0, 0.1) is 0 Å². The SMILES string of the molecule is NCc1ccc(-c2nc3cccnc3s2)nc1. The standard InChI is InChI=1S/C12H10N4S/c13-6-8-3-4-9(15-7-8)12-16-10-2-1-5-14-11(10)17-12/h1-5,7H,6,13H2. The van der Waals surface area contributed by atoms with E-state index in [1.54, 1.807) is 23.7 Å². The predicted octanol–water partition coefficient (Wildman–Crippen LogP) is 2.21. The third-order valence-corrected chi connectivity index (χ3v) is 3.45. The van der Waals surface area contributed by atoms with Crippen molar-refractivity contribution in [2.75, 3.05) is 0 Å². The second-order valence-electron chi connectivity index (χ2n) is 3.60. The summed E-state index contributed by atoms with van der Waals surface area (Å²) in [6, 6.07) is 7.76. The summed E-state index contributed by atoms with van der Waals surface area (Å²) in [5.74, 6) is 0. The summed E-state index contributed by atoms with van der Waals surface area (Å²) in [5, 5.41) is 0.891. The van der Waals surface area contributed by atoms with E-state index in [1.165, 1.54) is 0 Å². The number of pyridine rings is 2. The Balaban J connectivity index is 2.07. The molecule has 17 heavy (non-hydrogen) atoms. The first-order valence-corrected chi connectivity index (χ1v) is 6.05. The predicted molar refractivity (Wildman–Crippen MR) is 68.5 cm³/mol. The van der Waals surface area contributed by atoms with Gasteiger partial charge >= 0.3 is 0 Å². The van der Waals surface area contributed by atoms with Crippen LogP contribution in [0.2, 0.25) is 0 Å². The van der Waals surface area contributed by atoms with Crippen molar-refractivity contribution < 1.29 is 0 Å². The fourth-order valence-electron chi connectivity index (χ4n) is 1.55. The van der Waals surface area contributed by atoms with Crippen LogP contribution in [0.4, 0.5) is 0 Å². The zero-order valence-electron chi connectivity index (χ0n) is 9.00. The first kappa shape index (κ1) is 10.3. The minimum atomic E-state index is 0.509. The lowest BCUT2D eigenvalue weighted by molar-refractivity contribution is 1.05. The smallest absolute Gasteiger partial charge is 0.144 e. The van der Waals surface area contributed by atoms with E-state index in [9.17, 15) is 0 Å². The molecule has 84 valence electrons. The maximum atomic E-state index is 5.54. The molecule has 0 aromatic carbocycles. The average Bonchev–Trinajstić information content (AvgIpc) is 2.82. The number of hydrogen-bond acceptors (Lipinski definition) is 5. The molecule has 3 rings (SSSR count). The Kier molecular flexibility index (Phi) is 2.55. The fourth-order valence-corrected chi connectivity index (χ4v) is 2.44. The van der Waals surface area contributed by atoms with Crippen LogP contribution in [-0.4, -0.2) is 15.0 Å². The van der Waals surface area contributed by atoms with Crippen molar-refractivity contribution in [2.45, 2.75) is 6.54 Å². The molecule has 0 aliphatic heterocycles. The summed E-state index contributed by atoms with van der Waals surface area (Å²) < 4.78 is 0. The van der Waals surface area contributed by atoms with Crippen molar-refractivity contribution in [1.29, 1.82) is 0 Å². The molecule has 2 N–H and O–H groups in total. The zero-order chi connectivity index (χ0) is 11.7. The van der Waals surface area contributed by atoms with Crippen molar-refractivity contribution in [1.82, 2.24) is 15.0 Å². The zero-order valence-corrected chi connectivity index (χ0v) is 9.81. The highest BCUT2D eigenvalue weighted by Crippen LogP contribution is 2.27. The summed E-state index contributed by atoms with van der Waals surface area (Å²) in [7, 11) is 0. The van der Waals surface area contributed by atoms with E-state index < -0.39 is 0 Å². The van der Waals surface area contributed by atoms with Crippen molar-refractivity contribution in [3.8, 4) is 10.7 Å². The van der Waals surface area contributed by atoms with Crippen LogP contribution < -0.4 is 5.73 Å². The molecule has 0 amide bonds. The van der Waals surface area contributed by atoms with E-state index in [0.29, 0.717) is 6.54 Å². The van der Waals surface area contributed by atoms with Gasteiger partial charge in [0.05, 0.1) is 5.69 Å². The Morgan fingerprint density at radius 3 is 2.82 bits per heavy atom. The largest absolute Gasteiger partial charge is 0.326 e. The highest BCUT2D eigenvalue weighted by molar-refractivity contribution is 7.21. The quantitative estimate of drug-likeness (QED) is 0.748. The average molecular weight is 242 g/mol. The van der Waals surface area contributed by atoms with Crippen LogP contribution in [0.1, 0.15) is 5.56 Å². The van der Waals surface area contributed by atoms with Crippen molar-refractivity contribution >= 4 is 21.7 Å². The summed E-state index contributed by atoms with van der Waals surface area (Å²) in [4.78, 5) is 14.1. The molecule has 0 unspecified atom stereocenters. The summed E-state index contributed by atoms with van der Waals surface area (Å²) >= 11 is 1.55. The lowest BCUT2D eigenvalue weighted by atomic mass is 10.2. The first-order valence-electron chi connectivity index (χ1n) is 5.24. The Labute approximate surface area is 102 Å². The highest BCUT2D eigenvalue weighted by atomic mass is 32.1. The van der Waals surface area contributed by atoms with E-state index in [1.807, 2.05) is 24.3 Å². The number of rotatable bonds is 2. The molecule has 0 spiro atoms. The molecule has 0 saturated carbocycles. The molecule has 0 bridgehead atoms. The maximum Gasteiger partial charge on any atom is 0.144 e.